The van der Waals surface area contributed by atoms with Gasteiger partial charge in [0, 0.05) is 16.8 Å². The summed E-state index contributed by atoms with van der Waals surface area (Å²) in [5, 5.41) is 14.1. The van der Waals surface area contributed by atoms with Gasteiger partial charge in [-0.3, -0.25) is 0 Å². The van der Waals surface area contributed by atoms with Crippen LogP contribution >= 0.6 is 22.9 Å². The fraction of sp³-hybridized carbons (Fsp3) is 0.0833. The lowest BCUT2D eigenvalue weighted by Gasteiger charge is -1.94. The lowest BCUT2D eigenvalue weighted by atomic mass is 10.2. The largest absolute Gasteiger partial charge is 0.246 e. The Hall–Kier alpha value is -2.12. The molecule has 0 aliphatic carbocycles. The van der Waals surface area contributed by atoms with Crippen LogP contribution in [0, 0.1) is 0 Å². The third-order valence-electron chi connectivity index (χ3n) is 2.44. The fourth-order valence-corrected chi connectivity index (χ4v) is 2.38. The van der Waals surface area contributed by atoms with Crippen LogP contribution in [-0.2, 0) is 6.54 Å². The van der Waals surface area contributed by atoms with E-state index in [1.807, 2.05) is 24.3 Å². The van der Waals surface area contributed by atoms with Crippen molar-refractivity contribution in [3.05, 3.63) is 52.5 Å². The molecule has 8 heteroatoms. The maximum absolute atomic E-state index is 6.05. The molecule has 0 aliphatic heterocycles. The van der Waals surface area contributed by atoms with Crippen molar-refractivity contribution in [3.63, 3.8) is 0 Å². The van der Waals surface area contributed by atoms with Crippen LogP contribution in [0.15, 0.2) is 41.9 Å². The van der Waals surface area contributed by atoms with Gasteiger partial charge in [-0.1, -0.05) is 41.1 Å². The Labute approximate surface area is 123 Å². The highest BCUT2D eigenvalue weighted by molar-refractivity contribution is 7.14. The van der Waals surface area contributed by atoms with E-state index in [1.165, 1.54) is 17.7 Å². The zero-order chi connectivity index (χ0) is 13.8. The lowest BCUT2D eigenvalue weighted by molar-refractivity contribution is 0.675. The predicted octanol–water partition coefficient (Wildman–Crippen LogP) is 2.58. The van der Waals surface area contributed by atoms with Crippen LogP contribution in [0.25, 0.3) is 0 Å². The van der Waals surface area contributed by atoms with Gasteiger partial charge in [-0.15, -0.1) is 10.2 Å². The zero-order valence-corrected chi connectivity index (χ0v) is 11.8. The van der Waals surface area contributed by atoms with Gasteiger partial charge in [-0.25, -0.2) is 14.7 Å². The van der Waals surface area contributed by atoms with Crippen molar-refractivity contribution < 1.29 is 0 Å². The summed E-state index contributed by atoms with van der Waals surface area (Å²) >= 11 is 7.45. The highest BCUT2D eigenvalue weighted by Gasteiger charge is 2.04. The van der Waals surface area contributed by atoms with Crippen LogP contribution in [0.5, 0.6) is 0 Å². The molecule has 0 saturated carbocycles. The molecule has 2 aromatic heterocycles. The van der Waals surface area contributed by atoms with E-state index >= 15 is 0 Å². The minimum atomic E-state index is 0.541. The first-order valence-corrected chi connectivity index (χ1v) is 6.94. The van der Waals surface area contributed by atoms with Gasteiger partial charge in [0.1, 0.15) is 17.7 Å². The topological polar surface area (TPSA) is 68.8 Å². The Morgan fingerprint density at radius 3 is 3.00 bits per heavy atom. The van der Waals surface area contributed by atoms with E-state index in [1.54, 1.807) is 17.2 Å². The molecule has 0 N–H and O–H groups in total. The molecule has 20 heavy (non-hydrogen) atoms. The second-order valence-corrected chi connectivity index (χ2v) is 5.30. The first kappa shape index (κ1) is 12.9. The van der Waals surface area contributed by atoms with E-state index in [4.69, 9.17) is 11.6 Å². The SMILES string of the molecule is Clc1ccccc1/C=N/c1nnc(Cn2cncn2)s1. The van der Waals surface area contributed by atoms with Crippen LogP contribution in [-0.4, -0.2) is 31.2 Å². The average molecular weight is 305 g/mol. The van der Waals surface area contributed by atoms with Gasteiger partial charge in [-0.2, -0.15) is 5.10 Å². The number of halogens is 1. The summed E-state index contributed by atoms with van der Waals surface area (Å²) in [5.74, 6) is 0. The van der Waals surface area contributed by atoms with Gasteiger partial charge in [0.25, 0.3) is 0 Å². The molecule has 0 spiro atoms. The monoisotopic (exact) mass is 304 g/mol. The molecule has 0 unspecified atom stereocenters. The molecule has 0 fully saturated rings. The molecule has 0 amide bonds. The number of aliphatic imine (C=N–C) groups is 1. The molecule has 3 aromatic rings. The first-order chi connectivity index (χ1) is 9.81. The minimum absolute atomic E-state index is 0.541. The molecule has 0 saturated heterocycles. The summed E-state index contributed by atoms with van der Waals surface area (Å²) < 4.78 is 1.68. The van der Waals surface area contributed by atoms with E-state index < -0.39 is 0 Å². The van der Waals surface area contributed by atoms with Crippen LogP contribution in [0.3, 0.4) is 0 Å². The third kappa shape index (κ3) is 3.06. The van der Waals surface area contributed by atoms with Gasteiger partial charge in [0.15, 0.2) is 0 Å². The Morgan fingerprint density at radius 1 is 1.30 bits per heavy atom. The number of nitrogens with zero attached hydrogens (tertiary/aromatic N) is 6. The normalized spacial score (nSPS) is 11.2. The van der Waals surface area contributed by atoms with Gasteiger partial charge in [0.05, 0.1) is 6.54 Å². The standard InChI is InChI=1S/C12H9ClN6S/c13-10-4-2-1-3-9(10)5-15-12-18-17-11(20-12)6-19-8-14-7-16-19/h1-5,7-8H,6H2/b15-5+. The molecule has 0 aliphatic rings. The molecule has 2 heterocycles. The zero-order valence-electron chi connectivity index (χ0n) is 10.2. The Kier molecular flexibility index (Phi) is 3.80. The van der Waals surface area contributed by atoms with Gasteiger partial charge in [0.2, 0.25) is 5.13 Å². The maximum Gasteiger partial charge on any atom is 0.231 e. The highest BCUT2D eigenvalue weighted by atomic mass is 35.5. The Balaban J connectivity index is 1.73. The van der Waals surface area contributed by atoms with Crippen molar-refractivity contribution >= 4 is 34.3 Å². The maximum atomic E-state index is 6.05. The quantitative estimate of drug-likeness (QED) is 0.695. The summed E-state index contributed by atoms with van der Waals surface area (Å²) in [5.41, 5.74) is 0.849. The van der Waals surface area contributed by atoms with Crippen LogP contribution < -0.4 is 0 Å². The fourth-order valence-electron chi connectivity index (χ4n) is 1.52. The van der Waals surface area contributed by atoms with Gasteiger partial charge in [-0.05, 0) is 6.07 Å². The lowest BCUT2D eigenvalue weighted by Crippen LogP contribution is -1.99. The average Bonchev–Trinajstić information content (AvgIpc) is 3.10. The number of rotatable bonds is 4. The van der Waals surface area contributed by atoms with Crippen molar-refractivity contribution in [2.24, 2.45) is 4.99 Å². The third-order valence-corrected chi connectivity index (χ3v) is 3.60. The first-order valence-electron chi connectivity index (χ1n) is 5.74. The van der Waals surface area contributed by atoms with E-state index in [9.17, 15) is 0 Å². The van der Waals surface area contributed by atoms with E-state index in [2.05, 4.69) is 25.3 Å². The van der Waals surface area contributed by atoms with Crippen molar-refractivity contribution in [3.8, 4) is 0 Å². The summed E-state index contributed by atoms with van der Waals surface area (Å²) in [7, 11) is 0. The van der Waals surface area contributed by atoms with Crippen molar-refractivity contribution in [2.75, 3.05) is 0 Å². The minimum Gasteiger partial charge on any atom is -0.246 e. The molecule has 0 radical (unpaired) electrons. The second kappa shape index (κ2) is 5.89. The van der Waals surface area contributed by atoms with Crippen molar-refractivity contribution in [2.45, 2.75) is 6.54 Å². The Bertz CT molecular complexity index is 721. The molecular weight excluding hydrogens is 296 g/mol. The molecule has 0 atom stereocenters. The van der Waals surface area contributed by atoms with E-state index in [0.29, 0.717) is 16.7 Å². The summed E-state index contributed by atoms with van der Waals surface area (Å²) in [6.07, 6.45) is 4.80. The van der Waals surface area contributed by atoms with Gasteiger partial charge < -0.3 is 0 Å². The number of benzene rings is 1. The van der Waals surface area contributed by atoms with Crippen LogP contribution in [0.4, 0.5) is 5.13 Å². The van der Waals surface area contributed by atoms with E-state index in [-0.39, 0.29) is 0 Å². The molecule has 1 aromatic carbocycles. The van der Waals surface area contributed by atoms with Crippen molar-refractivity contribution in [1.29, 1.82) is 0 Å². The molecule has 0 bridgehead atoms. The van der Waals surface area contributed by atoms with E-state index in [0.717, 1.165) is 10.6 Å². The van der Waals surface area contributed by atoms with Crippen LogP contribution in [0.1, 0.15) is 10.6 Å². The summed E-state index contributed by atoms with van der Waals surface area (Å²) in [6.45, 7) is 0.541. The number of hydrogen-bond acceptors (Lipinski definition) is 6. The molecular formula is C12H9ClN6S. The van der Waals surface area contributed by atoms with Gasteiger partial charge >= 0.3 is 0 Å². The number of aromatic nitrogens is 5. The molecule has 100 valence electrons. The highest BCUT2D eigenvalue weighted by Crippen LogP contribution is 2.20. The van der Waals surface area contributed by atoms with Crippen molar-refractivity contribution in [1.82, 2.24) is 25.0 Å². The molecule has 3 rings (SSSR count). The predicted molar refractivity (Wildman–Crippen MR) is 77.7 cm³/mol. The smallest absolute Gasteiger partial charge is 0.231 e. The molecule has 6 nitrogen and oxygen atoms in total. The van der Waals surface area contributed by atoms with Crippen LogP contribution in [0.2, 0.25) is 5.02 Å². The summed E-state index contributed by atoms with van der Waals surface area (Å²) in [6, 6.07) is 7.49. The second-order valence-electron chi connectivity index (χ2n) is 3.85. The number of hydrogen-bond donors (Lipinski definition) is 0. The Morgan fingerprint density at radius 2 is 2.20 bits per heavy atom. The summed E-state index contributed by atoms with van der Waals surface area (Å²) in [4.78, 5) is 8.15.